The summed E-state index contributed by atoms with van der Waals surface area (Å²) in [6.07, 6.45) is 8.18. The van der Waals surface area contributed by atoms with Crippen LogP contribution in [0.1, 0.15) is 54.8 Å². The van der Waals surface area contributed by atoms with Crippen LogP contribution in [0, 0.1) is 6.92 Å². The maximum Gasteiger partial charge on any atom is 0.295 e. The van der Waals surface area contributed by atoms with Crippen molar-refractivity contribution in [2.45, 2.75) is 51.1 Å². The Morgan fingerprint density at radius 1 is 1.07 bits per heavy atom. The van der Waals surface area contributed by atoms with Gasteiger partial charge in [-0.3, -0.25) is 14.6 Å². The van der Waals surface area contributed by atoms with Crippen molar-refractivity contribution in [3.8, 4) is 0 Å². The molecular formula is C23H24N2O3. The Balaban J connectivity index is 1.88. The van der Waals surface area contributed by atoms with Crippen molar-refractivity contribution in [1.82, 2.24) is 9.88 Å². The minimum absolute atomic E-state index is 0.0263. The molecule has 0 spiro atoms. The van der Waals surface area contributed by atoms with Gasteiger partial charge in [0.25, 0.3) is 11.7 Å². The van der Waals surface area contributed by atoms with Gasteiger partial charge >= 0.3 is 0 Å². The number of aliphatic hydroxyl groups excluding tert-OH is 1. The van der Waals surface area contributed by atoms with Gasteiger partial charge in [-0.25, -0.2) is 0 Å². The van der Waals surface area contributed by atoms with Crippen LogP contribution in [0.15, 0.2) is 54.4 Å². The molecule has 1 amide bonds. The summed E-state index contributed by atoms with van der Waals surface area (Å²) < 4.78 is 0. The van der Waals surface area contributed by atoms with Gasteiger partial charge in [-0.05, 0) is 37.5 Å². The Morgan fingerprint density at radius 3 is 2.46 bits per heavy atom. The van der Waals surface area contributed by atoms with Gasteiger partial charge in [-0.1, -0.05) is 49.1 Å². The molecule has 4 rings (SSSR count). The number of carbonyl (C=O) groups excluding carboxylic acids is 2. The summed E-state index contributed by atoms with van der Waals surface area (Å²) in [6.45, 7) is 1.99. The van der Waals surface area contributed by atoms with Gasteiger partial charge in [-0.2, -0.15) is 0 Å². The minimum atomic E-state index is -0.605. The lowest BCUT2D eigenvalue weighted by Gasteiger charge is -2.35. The Bertz CT molecular complexity index is 930. The fraction of sp³-hybridized carbons (Fsp3) is 0.348. The molecule has 1 saturated heterocycles. The number of ketones is 1. The fourth-order valence-corrected chi connectivity index (χ4v) is 4.42. The van der Waals surface area contributed by atoms with Gasteiger partial charge in [0.05, 0.1) is 11.6 Å². The summed E-state index contributed by atoms with van der Waals surface area (Å²) in [6, 6.07) is 10.6. The lowest BCUT2D eigenvalue weighted by molar-refractivity contribution is -0.141. The summed E-state index contributed by atoms with van der Waals surface area (Å²) in [5.41, 5.74) is 2.58. The monoisotopic (exact) mass is 376 g/mol. The molecule has 28 heavy (non-hydrogen) atoms. The van der Waals surface area contributed by atoms with Crippen LogP contribution >= 0.6 is 0 Å². The van der Waals surface area contributed by atoms with E-state index in [1.54, 1.807) is 29.4 Å². The smallest absolute Gasteiger partial charge is 0.295 e. The zero-order valence-electron chi connectivity index (χ0n) is 16.0. The highest BCUT2D eigenvalue weighted by Crippen LogP contribution is 2.43. The number of aromatic nitrogens is 1. The number of hydrogen-bond acceptors (Lipinski definition) is 4. The van der Waals surface area contributed by atoms with Gasteiger partial charge < -0.3 is 10.0 Å². The normalized spacial score (nSPS) is 22.6. The fourth-order valence-electron chi connectivity index (χ4n) is 4.42. The number of likely N-dealkylation sites (tertiary alicyclic amines) is 1. The number of aryl methyl sites for hydroxylation is 1. The van der Waals surface area contributed by atoms with Crippen LogP contribution in [0.25, 0.3) is 5.76 Å². The van der Waals surface area contributed by atoms with Crippen molar-refractivity contribution in [3.63, 3.8) is 0 Å². The number of Topliss-reactive ketones (excluding diaryl/α,β-unsaturated/α-hetero) is 1. The summed E-state index contributed by atoms with van der Waals surface area (Å²) in [7, 11) is 0. The van der Waals surface area contributed by atoms with E-state index in [1.165, 1.54) is 0 Å². The second-order valence-electron chi connectivity index (χ2n) is 7.65. The van der Waals surface area contributed by atoms with Gasteiger partial charge in [0.15, 0.2) is 0 Å². The maximum absolute atomic E-state index is 13.0. The van der Waals surface area contributed by atoms with Crippen molar-refractivity contribution in [2.24, 2.45) is 0 Å². The second-order valence-corrected chi connectivity index (χ2v) is 7.65. The van der Waals surface area contributed by atoms with E-state index in [-0.39, 0.29) is 17.4 Å². The molecule has 2 heterocycles. The van der Waals surface area contributed by atoms with E-state index in [9.17, 15) is 14.7 Å². The molecule has 2 fully saturated rings. The Hall–Kier alpha value is -2.95. The van der Waals surface area contributed by atoms with Crippen LogP contribution in [0.3, 0.4) is 0 Å². The molecular weight excluding hydrogens is 352 g/mol. The minimum Gasteiger partial charge on any atom is -0.507 e. The molecule has 2 aromatic rings. The number of carbonyl (C=O) groups is 2. The first kappa shape index (κ1) is 18.4. The second kappa shape index (κ2) is 7.58. The van der Waals surface area contributed by atoms with Crippen LogP contribution in [-0.4, -0.2) is 32.7 Å². The van der Waals surface area contributed by atoms with Crippen LogP contribution in [0.4, 0.5) is 0 Å². The molecule has 1 saturated carbocycles. The molecule has 144 valence electrons. The van der Waals surface area contributed by atoms with Crippen molar-refractivity contribution in [2.75, 3.05) is 0 Å². The summed E-state index contributed by atoms with van der Waals surface area (Å²) in [5.74, 6) is -1.24. The maximum atomic E-state index is 13.0. The highest BCUT2D eigenvalue weighted by molar-refractivity contribution is 6.46. The third kappa shape index (κ3) is 3.21. The number of benzene rings is 1. The third-order valence-corrected chi connectivity index (χ3v) is 5.76. The molecule has 1 unspecified atom stereocenters. The Kier molecular flexibility index (Phi) is 4.99. The summed E-state index contributed by atoms with van der Waals surface area (Å²) >= 11 is 0. The largest absolute Gasteiger partial charge is 0.507 e. The lowest BCUT2D eigenvalue weighted by Crippen LogP contribution is -2.40. The molecule has 2 aliphatic rings. The molecule has 0 radical (unpaired) electrons. The number of pyridine rings is 1. The van der Waals surface area contributed by atoms with Crippen molar-refractivity contribution >= 4 is 17.4 Å². The van der Waals surface area contributed by atoms with Gasteiger partial charge in [0, 0.05) is 24.0 Å². The standard InChI is InChI=1S/C23H24N2O3/c1-15-6-5-7-17(14-15)20-19(21(26)16-10-12-24-13-11-16)22(27)23(28)25(20)18-8-3-2-4-9-18/h5-7,10-14,18,20,26H,2-4,8-9H2,1H3/b21-19-. The molecule has 5 nitrogen and oxygen atoms in total. The first-order valence-electron chi connectivity index (χ1n) is 9.85. The third-order valence-electron chi connectivity index (χ3n) is 5.76. The van der Waals surface area contributed by atoms with Crippen LogP contribution in [0.5, 0.6) is 0 Å². The Morgan fingerprint density at radius 2 is 1.79 bits per heavy atom. The highest BCUT2D eigenvalue weighted by atomic mass is 16.3. The van der Waals surface area contributed by atoms with Crippen molar-refractivity contribution in [3.05, 3.63) is 71.1 Å². The van der Waals surface area contributed by atoms with Gasteiger partial charge in [-0.15, -0.1) is 0 Å². The zero-order chi connectivity index (χ0) is 19.7. The van der Waals surface area contributed by atoms with E-state index in [1.807, 2.05) is 31.2 Å². The first-order valence-corrected chi connectivity index (χ1v) is 9.85. The number of hydrogen-bond donors (Lipinski definition) is 1. The average Bonchev–Trinajstić information content (AvgIpc) is 3.00. The summed E-state index contributed by atoms with van der Waals surface area (Å²) in [5, 5.41) is 11.0. The molecule has 1 aromatic carbocycles. The van der Waals surface area contributed by atoms with Crippen LogP contribution < -0.4 is 0 Å². The number of amides is 1. The van der Waals surface area contributed by atoms with Gasteiger partial charge in [0.1, 0.15) is 5.76 Å². The van der Waals surface area contributed by atoms with E-state index in [0.29, 0.717) is 5.56 Å². The van der Waals surface area contributed by atoms with E-state index < -0.39 is 17.7 Å². The highest BCUT2D eigenvalue weighted by Gasteiger charge is 2.48. The van der Waals surface area contributed by atoms with E-state index in [0.717, 1.165) is 43.2 Å². The molecule has 1 atom stereocenters. The quantitative estimate of drug-likeness (QED) is 0.496. The van der Waals surface area contributed by atoms with Crippen LogP contribution in [0.2, 0.25) is 0 Å². The number of rotatable bonds is 3. The number of aliphatic hydroxyl groups is 1. The Labute approximate surface area is 164 Å². The van der Waals surface area contributed by atoms with E-state index >= 15 is 0 Å². The van der Waals surface area contributed by atoms with Crippen molar-refractivity contribution < 1.29 is 14.7 Å². The van der Waals surface area contributed by atoms with E-state index in [4.69, 9.17) is 0 Å². The van der Waals surface area contributed by atoms with Gasteiger partial charge in [0.2, 0.25) is 0 Å². The predicted octanol–water partition coefficient (Wildman–Crippen LogP) is 4.14. The van der Waals surface area contributed by atoms with Crippen molar-refractivity contribution in [1.29, 1.82) is 0 Å². The molecule has 1 N–H and O–H groups in total. The lowest BCUT2D eigenvalue weighted by atomic mass is 9.90. The zero-order valence-corrected chi connectivity index (χ0v) is 16.0. The van der Waals surface area contributed by atoms with Crippen LogP contribution in [-0.2, 0) is 9.59 Å². The molecule has 0 bridgehead atoms. The first-order chi connectivity index (χ1) is 13.6. The molecule has 1 aromatic heterocycles. The molecule has 1 aliphatic carbocycles. The predicted molar refractivity (Wildman–Crippen MR) is 106 cm³/mol. The number of nitrogens with zero attached hydrogens (tertiary/aromatic N) is 2. The van der Waals surface area contributed by atoms with E-state index in [2.05, 4.69) is 4.98 Å². The molecule has 5 heteroatoms. The summed E-state index contributed by atoms with van der Waals surface area (Å²) in [4.78, 5) is 31.8. The SMILES string of the molecule is Cc1cccc(C2/C(=C(/O)c3ccncc3)C(=O)C(=O)N2C2CCCCC2)c1. The molecule has 1 aliphatic heterocycles. The average molecular weight is 376 g/mol. The topological polar surface area (TPSA) is 70.5 Å².